The van der Waals surface area contributed by atoms with E-state index in [9.17, 15) is 9.59 Å². The first kappa shape index (κ1) is 18.8. The van der Waals surface area contributed by atoms with Gasteiger partial charge < -0.3 is 14.8 Å². The van der Waals surface area contributed by atoms with Crippen LogP contribution in [0.5, 0.6) is 0 Å². The number of halogens is 2. The average molecular weight is 394 g/mol. The minimum absolute atomic E-state index is 0.0153. The van der Waals surface area contributed by atoms with Gasteiger partial charge in [0.25, 0.3) is 0 Å². The molecule has 1 aliphatic rings. The molecule has 138 valence electrons. The fraction of sp³-hybridized carbons (Fsp3) is 0.368. The molecule has 2 aromatic rings. The van der Waals surface area contributed by atoms with Crippen LogP contribution in [-0.2, 0) is 6.54 Å². The molecule has 1 atom stereocenters. The van der Waals surface area contributed by atoms with Gasteiger partial charge in [-0.05, 0) is 43.0 Å². The van der Waals surface area contributed by atoms with E-state index in [2.05, 4.69) is 5.32 Å². The predicted molar refractivity (Wildman–Crippen MR) is 104 cm³/mol. The van der Waals surface area contributed by atoms with Crippen molar-refractivity contribution in [2.24, 2.45) is 0 Å². The molecular formula is C19H21Cl2N3O2. The van der Waals surface area contributed by atoms with Crippen molar-refractivity contribution in [2.75, 3.05) is 13.1 Å². The molecule has 0 bridgehead atoms. The Morgan fingerprint density at radius 3 is 2.81 bits per heavy atom. The zero-order valence-electron chi connectivity index (χ0n) is 14.3. The maximum atomic E-state index is 12.5. The van der Waals surface area contributed by atoms with Crippen LogP contribution in [0, 0.1) is 0 Å². The number of pyridine rings is 1. The second-order valence-corrected chi connectivity index (χ2v) is 7.16. The molecule has 1 N–H and O–H groups in total. The lowest BCUT2D eigenvalue weighted by Gasteiger charge is -2.25. The Balaban J connectivity index is 1.54. The number of likely N-dealkylation sites (tertiary alicyclic amines) is 1. The van der Waals surface area contributed by atoms with Crippen molar-refractivity contribution in [1.29, 1.82) is 0 Å². The average Bonchev–Trinajstić information content (AvgIpc) is 3.12. The van der Waals surface area contributed by atoms with E-state index in [4.69, 9.17) is 23.2 Å². The Morgan fingerprint density at radius 1 is 1.19 bits per heavy atom. The Labute approximate surface area is 162 Å². The van der Waals surface area contributed by atoms with Crippen LogP contribution < -0.4 is 10.9 Å². The van der Waals surface area contributed by atoms with Gasteiger partial charge in [-0.1, -0.05) is 35.3 Å². The first-order valence-corrected chi connectivity index (χ1v) is 9.47. The minimum atomic E-state index is -0.0843. The lowest BCUT2D eigenvalue weighted by atomic mass is 10.0. The summed E-state index contributed by atoms with van der Waals surface area (Å²) in [6, 6.07) is 10.5. The van der Waals surface area contributed by atoms with Crippen LogP contribution >= 0.6 is 23.2 Å². The summed E-state index contributed by atoms with van der Waals surface area (Å²) in [4.78, 5) is 26.0. The van der Waals surface area contributed by atoms with Gasteiger partial charge in [0.05, 0.1) is 16.1 Å². The van der Waals surface area contributed by atoms with Crippen molar-refractivity contribution >= 4 is 29.2 Å². The maximum absolute atomic E-state index is 12.5. The molecule has 2 amide bonds. The molecule has 1 saturated heterocycles. The van der Waals surface area contributed by atoms with Gasteiger partial charge in [0.1, 0.15) is 0 Å². The number of benzene rings is 1. The van der Waals surface area contributed by atoms with Crippen LogP contribution in [0.4, 0.5) is 4.79 Å². The monoisotopic (exact) mass is 393 g/mol. The third-order valence-corrected chi connectivity index (χ3v) is 5.33. The number of rotatable bonds is 5. The molecule has 1 aromatic carbocycles. The van der Waals surface area contributed by atoms with Gasteiger partial charge in [0.15, 0.2) is 0 Å². The lowest BCUT2D eigenvalue weighted by Crippen LogP contribution is -2.40. The number of aryl methyl sites for hydroxylation is 1. The van der Waals surface area contributed by atoms with Crippen molar-refractivity contribution in [2.45, 2.75) is 31.8 Å². The van der Waals surface area contributed by atoms with E-state index in [1.165, 1.54) is 6.07 Å². The quantitative estimate of drug-likeness (QED) is 0.777. The minimum Gasteiger partial charge on any atom is -0.338 e. The van der Waals surface area contributed by atoms with Crippen molar-refractivity contribution in [1.82, 2.24) is 14.8 Å². The molecule has 0 aliphatic carbocycles. The highest BCUT2D eigenvalue weighted by atomic mass is 35.5. The largest absolute Gasteiger partial charge is 0.338 e. The fourth-order valence-corrected chi connectivity index (χ4v) is 3.57. The Hall–Kier alpha value is -1.98. The van der Waals surface area contributed by atoms with Gasteiger partial charge in [0.2, 0.25) is 5.56 Å². The number of nitrogens with one attached hydrogen (secondary N) is 1. The highest BCUT2D eigenvalue weighted by molar-refractivity contribution is 6.42. The Bertz CT molecular complexity index is 838. The number of hydrogen-bond donors (Lipinski definition) is 1. The van der Waals surface area contributed by atoms with E-state index < -0.39 is 0 Å². The molecule has 5 nitrogen and oxygen atoms in total. The van der Waals surface area contributed by atoms with Crippen LogP contribution in [0.1, 0.15) is 30.9 Å². The van der Waals surface area contributed by atoms with Crippen LogP contribution in [-0.4, -0.2) is 28.6 Å². The topological polar surface area (TPSA) is 54.3 Å². The SMILES string of the molecule is O=C(NCCCn1ccccc1=O)N1CCC[C@H]1c1ccc(Cl)c(Cl)c1. The smallest absolute Gasteiger partial charge is 0.317 e. The molecule has 0 unspecified atom stereocenters. The van der Waals surface area contributed by atoms with Gasteiger partial charge in [-0.3, -0.25) is 4.79 Å². The molecule has 1 fully saturated rings. The number of amides is 2. The van der Waals surface area contributed by atoms with Crippen LogP contribution in [0.3, 0.4) is 0 Å². The second kappa shape index (κ2) is 8.60. The predicted octanol–water partition coefficient (Wildman–Crippen LogP) is 4.09. The van der Waals surface area contributed by atoms with E-state index >= 15 is 0 Å². The molecule has 1 aliphatic heterocycles. The van der Waals surface area contributed by atoms with Gasteiger partial charge >= 0.3 is 6.03 Å². The highest BCUT2D eigenvalue weighted by Crippen LogP contribution is 2.34. The zero-order chi connectivity index (χ0) is 18.5. The summed E-state index contributed by atoms with van der Waals surface area (Å²) >= 11 is 12.1. The van der Waals surface area contributed by atoms with Crippen molar-refractivity contribution in [3.05, 3.63) is 68.6 Å². The van der Waals surface area contributed by atoms with Crippen molar-refractivity contribution < 1.29 is 4.79 Å². The first-order valence-electron chi connectivity index (χ1n) is 8.71. The lowest BCUT2D eigenvalue weighted by molar-refractivity contribution is 0.193. The Kier molecular flexibility index (Phi) is 6.22. The zero-order valence-corrected chi connectivity index (χ0v) is 15.8. The standard InChI is InChI=1S/C19H21Cl2N3O2/c20-15-8-7-14(13-16(15)21)17-5-3-12-24(17)19(26)22-9-4-11-23-10-2-1-6-18(23)25/h1-2,6-8,10,13,17H,3-5,9,11-12H2,(H,22,26)/t17-/m0/s1. The number of urea groups is 1. The van der Waals surface area contributed by atoms with E-state index in [1.54, 1.807) is 22.9 Å². The number of carbonyl (C=O) groups is 1. The molecule has 7 heteroatoms. The van der Waals surface area contributed by atoms with Crippen molar-refractivity contribution in [3.63, 3.8) is 0 Å². The summed E-state index contributed by atoms with van der Waals surface area (Å²) in [5, 5.41) is 3.97. The molecule has 2 heterocycles. The molecule has 1 aromatic heterocycles. The summed E-state index contributed by atoms with van der Waals surface area (Å²) in [6.45, 7) is 1.82. The number of hydrogen-bond acceptors (Lipinski definition) is 2. The van der Waals surface area contributed by atoms with E-state index in [-0.39, 0.29) is 17.6 Å². The van der Waals surface area contributed by atoms with E-state index in [1.807, 2.05) is 23.1 Å². The molecule has 3 rings (SSSR count). The summed E-state index contributed by atoms with van der Waals surface area (Å²) in [6.07, 6.45) is 4.31. The van der Waals surface area contributed by atoms with Gasteiger partial charge in [-0.25, -0.2) is 4.79 Å². The molecule has 0 saturated carbocycles. The summed E-state index contributed by atoms with van der Waals surface area (Å²) in [5.74, 6) is 0. The van der Waals surface area contributed by atoms with E-state index in [0.717, 1.165) is 24.9 Å². The molecule has 0 spiro atoms. The van der Waals surface area contributed by atoms with Crippen molar-refractivity contribution in [3.8, 4) is 0 Å². The first-order chi connectivity index (χ1) is 12.6. The van der Waals surface area contributed by atoms with Gasteiger partial charge in [-0.15, -0.1) is 0 Å². The van der Waals surface area contributed by atoms with Crippen LogP contribution in [0.15, 0.2) is 47.4 Å². The molecular weight excluding hydrogens is 373 g/mol. The normalized spacial score (nSPS) is 16.7. The second-order valence-electron chi connectivity index (χ2n) is 6.34. The van der Waals surface area contributed by atoms with Gasteiger partial charge in [0, 0.05) is 31.9 Å². The maximum Gasteiger partial charge on any atom is 0.317 e. The number of aromatic nitrogens is 1. The summed E-state index contributed by atoms with van der Waals surface area (Å²) in [5.41, 5.74) is 0.973. The third kappa shape index (κ3) is 4.40. The number of carbonyl (C=O) groups excluding carboxylic acids is 1. The number of nitrogens with zero attached hydrogens (tertiary/aromatic N) is 2. The summed E-state index contributed by atoms with van der Waals surface area (Å²) in [7, 11) is 0. The van der Waals surface area contributed by atoms with Crippen LogP contribution in [0.25, 0.3) is 0 Å². The Morgan fingerprint density at radius 2 is 2.04 bits per heavy atom. The highest BCUT2D eigenvalue weighted by Gasteiger charge is 2.30. The third-order valence-electron chi connectivity index (χ3n) is 4.59. The molecule has 26 heavy (non-hydrogen) atoms. The summed E-state index contributed by atoms with van der Waals surface area (Å²) < 4.78 is 1.64. The fourth-order valence-electron chi connectivity index (χ4n) is 3.27. The van der Waals surface area contributed by atoms with Gasteiger partial charge in [-0.2, -0.15) is 0 Å². The van der Waals surface area contributed by atoms with E-state index in [0.29, 0.717) is 29.6 Å². The molecule has 0 radical (unpaired) electrons. The van der Waals surface area contributed by atoms with Crippen LogP contribution in [0.2, 0.25) is 10.0 Å².